The van der Waals surface area contributed by atoms with E-state index in [4.69, 9.17) is 11.6 Å². The summed E-state index contributed by atoms with van der Waals surface area (Å²) in [6.45, 7) is 10.1. The summed E-state index contributed by atoms with van der Waals surface area (Å²) in [7, 11) is -0.898. The standard InChI is InChI=1S/C13H15ClN4.C2H6O2S.2C2H6/c1-3-9-5-4-6-10(7-9)17-12-11(14)8-16-13(15-2)18-12;1-5(2,3)4;2*1-2/h4-8H,3H2,1-2H3,(H2,15,16,17,18);1-2H3;2*1-2H3. The van der Waals surface area contributed by atoms with Gasteiger partial charge in [-0.25, -0.2) is 13.4 Å². The summed E-state index contributed by atoms with van der Waals surface area (Å²) in [5.74, 6) is 1.14. The van der Waals surface area contributed by atoms with Crippen LogP contribution in [0, 0.1) is 0 Å². The van der Waals surface area contributed by atoms with Crippen LogP contribution in [0.5, 0.6) is 0 Å². The molecule has 0 saturated carbocycles. The van der Waals surface area contributed by atoms with Crippen molar-refractivity contribution in [1.82, 2.24) is 9.97 Å². The van der Waals surface area contributed by atoms with Gasteiger partial charge in [0, 0.05) is 25.2 Å². The lowest BCUT2D eigenvalue weighted by Gasteiger charge is -2.09. The highest BCUT2D eigenvalue weighted by molar-refractivity contribution is 7.89. The normalized spacial score (nSPS) is 9.37. The molecule has 6 nitrogen and oxygen atoms in total. The molecule has 0 amide bonds. The molecule has 0 unspecified atom stereocenters. The topological polar surface area (TPSA) is 84.0 Å². The van der Waals surface area contributed by atoms with Gasteiger partial charge >= 0.3 is 0 Å². The number of nitrogens with zero attached hydrogens (tertiary/aromatic N) is 2. The molecule has 2 rings (SSSR count). The minimum absolute atomic E-state index is 0.496. The average Bonchev–Trinajstić information content (AvgIpc) is 2.65. The van der Waals surface area contributed by atoms with Crippen LogP contribution in [0.3, 0.4) is 0 Å². The van der Waals surface area contributed by atoms with Crippen molar-refractivity contribution in [2.75, 3.05) is 30.2 Å². The molecule has 2 N–H and O–H groups in total. The summed E-state index contributed by atoms with van der Waals surface area (Å²) in [6, 6.07) is 8.16. The van der Waals surface area contributed by atoms with Crippen molar-refractivity contribution >= 4 is 38.9 Å². The Hall–Kier alpha value is -1.86. The van der Waals surface area contributed by atoms with Gasteiger partial charge in [-0.2, -0.15) is 4.98 Å². The minimum atomic E-state index is -2.67. The van der Waals surface area contributed by atoms with E-state index in [0.717, 1.165) is 24.6 Å². The molecule has 0 aliphatic heterocycles. The van der Waals surface area contributed by atoms with Crippen molar-refractivity contribution in [1.29, 1.82) is 0 Å². The first-order valence-corrected chi connectivity index (χ1v) is 11.6. The molecule has 0 spiro atoms. The Labute approximate surface area is 169 Å². The highest BCUT2D eigenvalue weighted by Gasteiger charge is 2.05. The fourth-order valence-corrected chi connectivity index (χ4v) is 1.72. The molecule has 154 valence electrons. The average molecular weight is 417 g/mol. The fourth-order valence-electron chi connectivity index (χ4n) is 1.58. The molecule has 0 saturated heterocycles. The molecular weight excluding hydrogens is 384 g/mol. The molecule has 1 heterocycles. The molecule has 27 heavy (non-hydrogen) atoms. The van der Waals surface area contributed by atoms with Gasteiger partial charge in [-0.1, -0.05) is 58.4 Å². The quantitative estimate of drug-likeness (QED) is 0.713. The van der Waals surface area contributed by atoms with E-state index in [1.807, 2.05) is 39.8 Å². The number of hydrogen-bond acceptors (Lipinski definition) is 6. The zero-order valence-electron chi connectivity index (χ0n) is 17.6. The Morgan fingerprint density at radius 1 is 1.11 bits per heavy atom. The number of aryl methyl sites for hydroxylation is 1. The van der Waals surface area contributed by atoms with Crippen LogP contribution in [0.15, 0.2) is 30.5 Å². The van der Waals surface area contributed by atoms with Crippen molar-refractivity contribution in [2.45, 2.75) is 41.0 Å². The lowest BCUT2D eigenvalue weighted by molar-refractivity contribution is 0.607. The summed E-state index contributed by atoms with van der Waals surface area (Å²) in [4.78, 5) is 8.31. The number of rotatable bonds is 4. The van der Waals surface area contributed by atoms with E-state index in [1.165, 1.54) is 5.56 Å². The van der Waals surface area contributed by atoms with Crippen LogP contribution in [-0.4, -0.2) is 37.9 Å². The van der Waals surface area contributed by atoms with E-state index in [1.54, 1.807) is 13.2 Å². The Kier molecular flexibility index (Phi) is 15.4. The van der Waals surface area contributed by atoms with Crippen LogP contribution in [0.4, 0.5) is 17.5 Å². The van der Waals surface area contributed by atoms with Gasteiger partial charge in [0.25, 0.3) is 0 Å². The molecule has 0 radical (unpaired) electrons. The monoisotopic (exact) mass is 416 g/mol. The third kappa shape index (κ3) is 13.9. The van der Waals surface area contributed by atoms with E-state index < -0.39 is 9.84 Å². The molecule has 0 aliphatic rings. The van der Waals surface area contributed by atoms with Crippen molar-refractivity contribution in [3.63, 3.8) is 0 Å². The van der Waals surface area contributed by atoms with Crippen LogP contribution in [0.2, 0.25) is 5.02 Å². The molecule has 0 aliphatic carbocycles. The number of sulfone groups is 1. The number of halogens is 1. The van der Waals surface area contributed by atoms with Crippen LogP contribution in [0.1, 0.15) is 40.2 Å². The molecular formula is C19H33ClN4O2S. The second-order valence-corrected chi connectivity index (χ2v) is 7.66. The number of benzene rings is 1. The van der Waals surface area contributed by atoms with E-state index in [2.05, 4.69) is 39.7 Å². The zero-order valence-corrected chi connectivity index (χ0v) is 19.2. The summed E-state index contributed by atoms with van der Waals surface area (Å²) in [6.07, 6.45) is 4.89. The molecule has 8 heteroatoms. The molecule has 0 fully saturated rings. The Bertz CT molecular complexity index is 745. The largest absolute Gasteiger partial charge is 0.357 e. The summed E-state index contributed by atoms with van der Waals surface area (Å²) >= 11 is 6.06. The fraction of sp³-hybridized carbons (Fsp3) is 0.474. The van der Waals surface area contributed by atoms with Crippen LogP contribution >= 0.6 is 11.6 Å². The maximum Gasteiger partial charge on any atom is 0.224 e. The summed E-state index contributed by atoms with van der Waals surface area (Å²) in [5.41, 5.74) is 2.23. The number of aromatic nitrogens is 2. The second-order valence-electron chi connectivity index (χ2n) is 4.96. The molecule has 0 atom stereocenters. The second kappa shape index (κ2) is 15.2. The predicted molar refractivity (Wildman–Crippen MR) is 119 cm³/mol. The van der Waals surface area contributed by atoms with Gasteiger partial charge in [-0.05, 0) is 24.1 Å². The summed E-state index contributed by atoms with van der Waals surface area (Å²) in [5, 5.41) is 6.58. The highest BCUT2D eigenvalue weighted by atomic mass is 35.5. The van der Waals surface area contributed by atoms with E-state index in [0.29, 0.717) is 16.8 Å². The van der Waals surface area contributed by atoms with Crippen molar-refractivity contribution in [2.24, 2.45) is 0 Å². The zero-order chi connectivity index (χ0) is 21.5. The third-order valence-corrected chi connectivity index (χ3v) is 2.84. The maximum absolute atomic E-state index is 9.63. The van der Waals surface area contributed by atoms with E-state index >= 15 is 0 Å². The van der Waals surface area contributed by atoms with Gasteiger partial charge in [0.15, 0.2) is 5.82 Å². The van der Waals surface area contributed by atoms with Gasteiger partial charge in [0.1, 0.15) is 14.9 Å². The lowest BCUT2D eigenvalue weighted by Crippen LogP contribution is -2.01. The maximum atomic E-state index is 9.63. The molecule has 2 aromatic rings. The number of hydrogen-bond donors (Lipinski definition) is 2. The first kappa shape index (κ1) is 27.4. The van der Waals surface area contributed by atoms with Crippen LogP contribution in [0.25, 0.3) is 0 Å². The Morgan fingerprint density at radius 3 is 2.15 bits per heavy atom. The lowest BCUT2D eigenvalue weighted by atomic mass is 10.1. The minimum Gasteiger partial charge on any atom is -0.357 e. The predicted octanol–water partition coefficient (Wildman–Crippen LogP) is 5.19. The third-order valence-electron chi connectivity index (χ3n) is 2.57. The molecule has 1 aromatic heterocycles. The van der Waals surface area contributed by atoms with Crippen LogP contribution < -0.4 is 10.6 Å². The summed E-state index contributed by atoms with van der Waals surface area (Å²) < 4.78 is 19.3. The first-order chi connectivity index (χ1) is 12.7. The molecule has 0 bridgehead atoms. The van der Waals surface area contributed by atoms with Crippen molar-refractivity contribution in [3.8, 4) is 0 Å². The van der Waals surface area contributed by atoms with E-state index in [-0.39, 0.29) is 0 Å². The Morgan fingerprint density at radius 2 is 1.67 bits per heavy atom. The highest BCUT2D eigenvalue weighted by Crippen LogP contribution is 2.24. The Balaban J connectivity index is 0. The van der Waals surface area contributed by atoms with Gasteiger partial charge in [-0.15, -0.1) is 0 Å². The number of anilines is 3. The van der Waals surface area contributed by atoms with Gasteiger partial charge in [-0.3, -0.25) is 0 Å². The smallest absolute Gasteiger partial charge is 0.224 e. The van der Waals surface area contributed by atoms with Gasteiger partial charge in [0.05, 0.1) is 6.20 Å². The SMILES string of the molecule is CC.CC.CCc1cccc(Nc2nc(NC)ncc2Cl)c1.CS(C)(=O)=O. The van der Waals surface area contributed by atoms with Crippen molar-refractivity contribution < 1.29 is 8.42 Å². The van der Waals surface area contributed by atoms with Gasteiger partial charge in [0.2, 0.25) is 5.95 Å². The molecule has 1 aromatic carbocycles. The number of nitrogens with one attached hydrogen (secondary N) is 2. The van der Waals surface area contributed by atoms with E-state index in [9.17, 15) is 8.42 Å². The first-order valence-electron chi connectivity index (χ1n) is 8.94. The van der Waals surface area contributed by atoms with Crippen molar-refractivity contribution in [3.05, 3.63) is 41.0 Å². The van der Waals surface area contributed by atoms with Gasteiger partial charge < -0.3 is 10.6 Å². The van der Waals surface area contributed by atoms with Crippen LogP contribution in [-0.2, 0) is 16.3 Å².